The third kappa shape index (κ3) is 5.14. The van der Waals surface area contributed by atoms with Crippen LogP contribution in [0.15, 0.2) is 29.3 Å². The van der Waals surface area contributed by atoms with Crippen molar-refractivity contribution in [1.82, 2.24) is 5.43 Å². The summed E-state index contributed by atoms with van der Waals surface area (Å²) in [5.41, 5.74) is 14.1. The quantitative estimate of drug-likeness (QED) is 0.322. The normalized spacial score (nSPS) is 12.5. The van der Waals surface area contributed by atoms with Gasteiger partial charge in [-0.25, -0.2) is 15.1 Å². The van der Waals surface area contributed by atoms with E-state index in [1.54, 1.807) is 23.6 Å². The van der Waals surface area contributed by atoms with Crippen molar-refractivity contribution in [3.05, 3.63) is 39.9 Å². The lowest BCUT2D eigenvalue weighted by Crippen LogP contribution is -2.35. The summed E-state index contributed by atoms with van der Waals surface area (Å²) in [5, 5.41) is 9.32. The van der Waals surface area contributed by atoms with Gasteiger partial charge in [-0.15, -0.1) is 12.4 Å². The van der Waals surface area contributed by atoms with E-state index in [0.29, 0.717) is 5.69 Å². The Bertz CT molecular complexity index is 422. The Morgan fingerprint density at radius 3 is 2.76 bits per heavy atom. The van der Waals surface area contributed by atoms with Gasteiger partial charge in [-0.05, 0) is 24.6 Å². The lowest BCUT2D eigenvalue weighted by molar-refractivity contribution is -0.525. The number of hydrazine groups is 1. The topological polar surface area (TPSA) is 120 Å². The van der Waals surface area contributed by atoms with Crippen molar-refractivity contribution >= 4 is 24.1 Å². The number of halogens is 1. The Morgan fingerprint density at radius 2 is 2.24 bits per heavy atom. The van der Waals surface area contributed by atoms with Gasteiger partial charge in [0, 0.05) is 6.04 Å². The van der Waals surface area contributed by atoms with Crippen LogP contribution in [-0.2, 0) is 0 Å². The van der Waals surface area contributed by atoms with Gasteiger partial charge in [-0.2, -0.15) is 0 Å². The number of rotatable bonds is 3. The van der Waals surface area contributed by atoms with E-state index in [1.165, 1.54) is 0 Å². The average Bonchev–Trinajstić information content (AvgIpc) is 2.16. The molecule has 8 heteroatoms. The first-order valence-electron chi connectivity index (χ1n) is 4.60. The monoisotopic (exact) mass is 259 g/mol. The molecule has 17 heavy (non-hydrogen) atoms. The molecule has 1 aromatic rings. The molecule has 94 valence electrons. The fraction of sp³-hybridized carbons (Fsp3) is 0.222. The van der Waals surface area contributed by atoms with Gasteiger partial charge in [0.1, 0.15) is 0 Å². The molecule has 0 bridgehead atoms. The summed E-state index contributed by atoms with van der Waals surface area (Å²) in [4.78, 5) is 13.9. The fourth-order valence-corrected chi connectivity index (χ4v) is 1.14. The number of nitrogens with one attached hydrogen (secondary N) is 1. The molecule has 0 radical (unpaired) electrons. The van der Waals surface area contributed by atoms with Crippen LogP contribution < -0.4 is 16.9 Å². The van der Waals surface area contributed by atoms with Crippen molar-refractivity contribution in [2.24, 2.45) is 16.5 Å². The summed E-state index contributed by atoms with van der Waals surface area (Å²) in [6.45, 7) is 1.83. The molecule has 5 N–H and O–H groups in total. The predicted octanol–water partition coefficient (Wildman–Crippen LogP) is 0.856. The molecule has 0 aliphatic carbocycles. The second-order valence-electron chi connectivity index (χ2n) is 3.25. The van der Waals surface area contributed by atoms with Crippen LogP contribution in [0, 0.1) is 10.1 Å². The van der Waals surface area contributed by atoms with Crippen molar-refractivity contribution in [2.75, 3.05) is 0 Å². The zero-order valence-corrected chi connectivity index (χ0v) is 9.98. The van der Waals surface area contributed by atoms with Gasteiger partial charge in [-0.3, -0.25) is 0 Å². The van der Waals surface area contributed by atoms with Gasteiger partial charge in [-0.1, -0.05) is 17.6 Å². The summed E-state index contributed by atoms with van der Waals surface area (Å²) < 4.78 is 0. The zero-order valence-electron chi connectivity index (χ0n) is 9.16. The van der Waals surface area contributed by atoms with Gasteiger partial charge in [0.15, 0.2) is 5.03 Å². The number of hydrogen-bond donors (Lipinski definition) is 3. The summed E-state index contributed by atoms with van der Waals surface area (Å²) in [6, 6.07) is 6.89. The number of hydrogen-bond acceptors (Lipinski definition) is 4. The van der Waals surface area contributed by atoms with E-state index >= 15 is 0 Å². The Morgan fingerprint density at radius 1 is 1.59 bits per heavy atom. The van der Waals surface area contributed by atoms with Crippen LogP contribution in [0.4, 0.5) is 5.69 Å². The van der Waals surface area contributed by atoms with Gasteiger partial charge >= 0.3 is 0 Å². The SMILES string of the molecule is CC(N)c1cccc(N=C(N)N[N+](=O)[O-])c1.Cl. The average molecular weight is 260 g/mol. The molecule has 0 spiro atoms. The van der Waals surface area contributed by atoms with Crippen LogP contribution in [0.2, 0.25) is 0 Å². The molecule has 0 saturated carbocycles. The summed E-state index contributed by atoms with van der Waals surface area (Å²) >= 11 is 0. The lowest BCUT2D eigenvalue weighted by Gasteiger charge is -2.05. The minimum atomic E-state index is -0.770. The molecular weight excluding hydrogens is 246 g/mol. The minimum Gasteiger partial charge on any atom is -0.365 e. The highest BCUT2D eigenvalue weighted by atomic mass is 35.5. The van der Waals surface area contributed by atoms with Crippen molar-refractivity contribution in [1.29, 1.82) is 0 Å². The second-order valence-corrected chi connectivity index (χ2v) is 3.25. The molecule has 7 nitrogen and oxygen atoms in total. The van der Waals surface area contributed by atoms with Crippen molar-refractivity contribution in [3.63, 3.8) is 0 Å². The van der Waals surface area contributed by atoms with Crippen LogP contribution in [0.5, 0.6) is 0 Å². The largest absolute Gasteiger partial charge is 0.365 e. The smallest absolute Gasteiger partial charge is 0.256 e. The van der Waals surface area contributed by atoms with Gasteiger partial charge in [0.2, 0.25) is 0 Å². The summed E-state index contributed by atoms with van der Waals surface area (Å²) in [6.07, 6.45) is 0. The molecule has 0 heterocycles. The van der Waals surface area contributed by atoms with Crippen LogP contribution in [0.3, 0.4) is 0 Å². The second kappa shape index (κ2) is 6.66. The fourth-order valence-electron chi connectivity index (χ4n) is 1.14. The number of nitrogens with zero attached hydrogens (tertiary/aromatic N) is 2. The summed E-state index contributed by atoms with van der Waals surface area (Å²) in [5.74, 6) is -0.271. The van der Waals surface area contributed by atoms with E-state index in [9.17, 15) is 10.1 Å². The molecular formula is C9H14ClN5O2. The van der Waals surface area contributed by atoms with E-state index in [2.05, 4.69) is 4.99 Å². The third-order valence-corrected chi connectivity index (χ3v) is 1.85. The van der Waals surface area contributed by atoms with E-state index in [4.69, 9.17) is 11.5 Å². The number of benzene rings is 1. The Hall–Kier alpha value is -1.86. The van der Waals surface area contributed by atoms with E-state index < -0.39 is 5.03 Å². The Balaban J connectivity index is 0.00000256. The van der Waals surface area contributed by atoms with Crippen LogP contribution in [0.25, 0.3) is 0 Å². The molecule has 1 aromatic carbocycles. The van der Waals surface area contributed by atoms with E-state index in [-0.39, 0.29) is 24.4 Å². The van der Waals surface area contributed by atoms with Crippen LogP contribution in [-0.4, -0.2) is 11.0 Å². The summed E-state index contributed by atoms with van der Waals surface area (Å²) in [7, 11) is 0. The lowest BCUT2D eigenvalue weighted by atomic mass is 10.1. The minimum absolute atomic E-state index is 0. The highest BCUT2D eigenvalue weighted by Gasteiger charge is 2.02. The number of aliphatic imine (C=N–C) groups is 1. The first-order valence-corrected chi connectivity index (χ1v) is 4.60. The van der Waals surface area contributed by atoms with Gasteiger partial charge in [0.25, 0.3) is 5.96 Å². The number of nitrogens with two attached hydrogens (primary N) is 2. The molecule has 1 atom stereocenters. The first kappa shape index (κ1) is 15.1. The van der Waals surface area contributed by atoms with Gasteiger partial charge in [0.05, 0.1) is 5.69 Å². The molecule has 0 saturated heterocycles. The molecule has 1 unspecified atom stereocenters. The van der Waals surface area contributed by atoms with Crippen LogP contribution >= 0.6 is 12.4 Å². The van der Waals surface area contributed by atoms with E-state index in [1.807, 2.05) is 13.0 Å². The van der Waals surface area contributed by atoms with Crippen molar-refractivity contribution < 1.29 is 5.03 Å². The highest BCUT2D eigenvalue weighted by molar-refractivity contribution is 5.85. The molecule has 0 aromatic heterocycles. The maximum Gasteiger partial charge on any atom is 0.256 e. The Kier molecular flexibility index (Phi) is 5.94. The molecule has 1 rings (SSSR count). The maximum absolute atomic E-state index is 10.1. The zero-order chi connectivity index (χ0) is 12.1. The van der Waals surface area contributed by atoms with Crippen LogP contribution in [0.1, 0.15) is 18.5 Å². The van der Waals surface area contributed by atoms with E-state index in [0.717, 1.165) is 5.56 Å². The van der Waals surface area contributed by atoms with Crippen molar-refractivity contribution in [3.8, 4) is 0 Å². The third-order valence-electron chi connectivity index (χ3n) is 1.85. The molecule has 0 aliphatic rings. The predicted molar refractivity (Wildman–Crippen MR) is 67.7 cm³/mol. The standard InChI is InChI=1S/C9H13N5O2.ClH/c1-6(10)7-3-2-4-8(5-7)12-9(11)13-14(15)16;/h2-6H,10H2,1H3,(H3,11,12,13);1H. The number of nitro groups is 1. The number of guanidine groups is 1. The maximum atomic E-state index is 10.1. The molecule has 0 aliphatic heterocycles. The molecule has 0 amide bonds. The van der Waals surface area contributed by atoms with Crippen molar-refractivity contribution in [2.45, 2.75) is 13.0 Å². The van der Waals surface area contributed by atoms with Gasteiger partial charge < -0.3 is 11.5 Å². The Labute approximate surface area is 104 Å². The highest BCUT2D eigenvalue weighted by Crippen LogP contribution is 2.17. The first-order chi connectivity index (χ1) is 7.49. The molecule has 0 fully saturated rings.